The Hall–Kier alpha value is -1.37. The van der Waals surface area contributed by atoms with E-state index in [1.54, 1.807) is 6.08 Å². The van der Waals surface area contributed by atoms with Crippen molar-refractivity contribution in [1.29, 1.82) is 0 Å². The van der Waals surface area contributed by atoms with Crippen molar-refractivity contribution >= 4 is 5.71 Å². The summed E-state index contributed by atoms with van der Waals surface area (Å²) in [5.41, 5.74) is 3.28. The van der Waals surface area contributed by atoms with Gasteiger partial charge in [0.15, 0.2) is 0 Å². The second-order valence-electron chi connectivity index (χ2n) is 3.17. The van der Waals surface area contributed by atoms with E-state index in [2.05, 4.69) is 24.6 Å². The third kappa shape index (κ3) is 5.31. The van der Waals surface area contributed by atoms with Crippen LogP contribution in [0.4, 0.5) is 0 Å². The molecule has 0 aromatic heterocycles. The molecule has 76 valence electrons. The van der Waals surface area contributed by atoms with E-state index in [9.17, 15) is 0 Å². The van der Waals surface area contributed by atoms with Crippen LogP contribution in [0.5, 0.6) is 0 Å². The van der Waals surface area contributed by atoms with Crippen LogP contribution in [0.2, 0.25) is 0 Å². The lowest BCUT2D eigenvalue weighted by molar-refractivity contribution is 1.39. The third-order valence-corrected chi connectivity index (χ3v) is 1.89. The Balaban J connectivity index is 4.61. The maximum absolute atomic E-state index is 4.33. The third-order valence-electron chi connectivity index (χ3n) is 1.89. The molecule has 1 heteroatoms. The molecule has 0 atom stereocenters. The molecule has 0 amide bonds. The molecule has 0 aliphatic heterocycles. The Bertz CT molecular complexity index is 301. The van der Waals surface area contributed by atoms with Gasteiger partial charge in [0, 0.05) is 11.9 Å². The van der Waals surface area contributed by atoms with Gasteiger partial charge >= 0.3 is 0 Å². The zero-order valence-electron chi connectivity index (χ0n) is 9.54. The van der Waals surface area contributed by atoms with Crippen LogP contribution in [0.1, 0.15) is 27.7 Å². The van der Waals surface area contributed by atoms with Gasteiger partial charge in [-0.25, -0.2) is 0 Å². The van der Waals surface area contributed by atoms with E-state index < -0.39 is 0 Å². The lowest BCUT2D eigenvalue weighted by atomic mass is 10.2. The minimum absolute atomic E-state index is 1.03. The first-order valence-electron chi connectivity index (χ1n) is 4.75. The molecular weight excluding hydrogens is 170 g/mol. The second-order valence-corrected chi connectivity index (χ2v) is 3.17. The molecule has 0 bridgehead atoms. The molecule has 0 fully saturated rings. The van der Waals surface area contributed by atoms with Gasteiger partial charge in [-0.1, -0.05) is 30.9 Å². The van der Waals surface area contributed by atoms with Gasteiger partial charge in [-0.2, -0.15) is 0 Å². The molecule has 0 saturated heterocycles. The zero-order chi connectivity index (χ0) is 11.0. The number of nitrogens with zero attached hydrogens (tertiary/aromatic N) is 1. The highest BCUT2D eigenvalue weighted by atomic mass is 14.7. The Morgan fingerprint density at radius 1 is 1.21 bits per heavy atom. The highest BCUT2D eigenvalue weighted by Crippen LogP contribution is 2.00. The van der Waals surface area contributed by atoms with E-state index >= 15 is 0 Å². The van der Waals surface area contributed by atoms with Crippen LogP contribution in [0.15, 0.2) is 53.2 Å². The van der Waals surface area contributed by atoms with Crippen molar-refractivity contribution in [2.75, 3.05) is 0 Å². The first-order valence-corrected chi connectivity index (χ1v) is 4.75. The van der Waals surface area contributed by atoms with Crippen LogP contribution in [0.25, 0.3) is 0 Å². The van der Waals surface area contributed by atoms with Crippen LogP contribution >= 0.6 is 0 Å². The normalized spacial score (nSPS) is 15.0. The summed E-state index contributed by atoms with van der Waals surface area (Å²) in [6.45, 7) is 11.7. The minimum atomic E-state index is 1.03. The van der Waals surface area contributed by atoms with Gasteiger partial charge in [0.25, 0.3) is 0 Å². The monoisotopic (exact) mass is 189 g/mol. The molecule has 0 N–H and O–H groups in total. The van der Waals surface area contributed by atoms with Crippen molar-refractivity contribution in [1.82, 2.24) is 0 Å². The summed E-state index contributed by atoms with van der Waals surface area (Å²) in [5.74, 6) is 0. The van der Waals surface area contributed by atoms with E-state index in [1.807, 2.05) is 39.1 Å². The quantitative estimate of drug-likeness (QED) is 0.467. The molecule has 1 nitrogen and oxygen atoms in total. The topological polar surface area (TPSA) is 12.4 Å². The Labute approximate surface area is 87.3 Å². The molecule has 0 rings (SSSR count). The predicted molar refractivity (Wildman–Crippen MR) is 65.6 cm³/mol. The van der Waals surface area contributed by atoms with E-state index in [0.717, 1.165) is 11.3 Å². The summed E-state index contributed by atoms with van der Waals surface area (Å²) < 4.78 is 0. The summed E-state index contributed by atoms with van der Waals surface area (Å²) in [4.78, 5) is 4.33. The van der Waals surface area contributed by atoms with E-state index in [0.29, 0.717) is 0 Å². The smallest absolute Gasteiger partial charge is 0.0401 e. The van der Waals surface area contributed by atoms with Gasteiger partial charge in [0.1, 0.15) is 0 Å². The van der Waals surface area contributed by atoms with Crippen molar-refractivity contribution in [2.24, 2.45) is 4.99 Å². The van der Waals surface area contributed by atoms with E-state index in [1.165, 1.54) is 5.57 Å². The van der Waals surface area contributed by atoms with Crippen LogP contribution in [0.3, 0.4) is 0 Å². The number of aliphatic imine (C=N–C) groups is 1. The molecule has 0 aromatic rings. The van der Waals surface area contributed by atoms with Gasteiger partial charge in [-0.05, 0) is 38.8 Å². The molecule has 0 aliphatic rings. The van der Waals surface area contributed by atoms with Crippen LogP contribution in [-0.2, 0) is 0 Å². The van der Waals surface area contributed by atoms with Crippen LogP contribution in [0, 0.1) is 0 Å². The molecule has 0 saturated carbocycles. The predicted octanol–water partition coefficient (Wildman–Crippen LogP) is 4.06. The second kappa shape index (κ2) is 7.07. The Morgan fingerprint density at radius 3 is 2.36 bits per heavy atom. The average Bonchev–Trinajstić information content (AvgIpc) is 2.21. The molecule has 0 radical (unpaired) electrons. The maximum atomic E-state index is 4.33. The van der Waals surface area contributed by atoms with Crippen molar-refractivity contribution < 1.29 is 0 Å². The number of rotatable bonds is 4. The Kier molecular flexibility index (Phi) is 6.38. The summed E-state index contributed by atoms with van der Waals surface area (Å²) in [6.07, 6.45) is 9.69. The first kappa shape index (κ1) is 12.6. The van der Waals surface area contributed by atoms with Gasteiger partial charge in [0.05, 0.1) is 0 Å². The SMILES string of the molecule is C=C/C(C)=C/N=C(C)/C(C)=C\C=C/C. The molecule has 0 aromatic carbocycles. The summed E-state index contributed by atoms with van der Waals surface area (Å²) >= 11 is 0. The molecule has 0 aliphatic carbocycles. The average molecular weight is 189 g/mol. The molecule has 0 heterocycles. The standard InChI is InChI=1S/C13H19N/c1-6-8-9-12(4)13(5)14-10-11(3)7-2/h6-10H,2H2,1,3-5H3/b8-6-,11-10+,12-9-,14-13+. The molecular formula is C13H19N. The summed E-state index contributed by atoms with van der Waals surface area (Å²) in [5, 5.41) is 0. The highest BCUT2D eigenvalue weighted by molar-refractivity contribution is 5.98. The summed E-state index contributed by atoms with van der Waals surface area (Å²) in [7, 11) is 0. The highest BCUT2D eigenvalue weighted by Gasteiger charge is 1.90. The van der Waals surface area contributed by atoms with Gasteiger partial charge in [-0.3, -0.25) is 4.99 Å². The largest absolute Gasteiger partial charge is 0.261 e. The number of hydrogen-bond acceptors (Lipinski definition) is 1. The van der Waals surface area contributed by atoms with Crippen molar-refractivity contribution in [3.8, 4) is 0 Å². The van der Waals surface area contributed by atoms with Crippen LogP contribution < -0.4 is 0 Å². The van der Waals surface area contributed by atoms with Gasteiger partial charge in [0.2, 0.25) is 0 Å². The molecule has 0 unspecified atom stereocenters. The van der Waals surface area contributed by atoms with Crippen molar-refractivity contribution in [3.63, 3.8) is 0 Å². The van der Waals surface area contributed by atoms with Gasteiger partial charge in [-0.15, -0.1) is 0 Å². The van der Waals surface area contributed by atoms with Gasteiger partial charge < -0.3 is 0 Å². The zero-order valence-corrected chi connectivity index (χ0v) is 9.54. The number of hydrogen-bond donors (Lipinski definition) is 0. The van der Waals surface area contributed by atoms with E-state index in [4.69, 9.17) is 0 Å². The first-order chi connectivity index (χ1) is 6.61. The fourth-order valence-corrected chi connectivity index (χ4v) is 0.714. The Morgan fingerprint density at radius 2 is 1.86 bits per heavy atom. The lowest BCUT2D eigenvalue weighted by Crippen LogP contribution is -1.91. The fraction of sp³-hybridized carbons (Fsp3) is 0.308. The lowest BCUT2D eigenvalue weighted by Gasteiger charge is -1.97. The van der Waals surface area contributed by atoms with E-state index in [-0.39, 0.29) is 0 Å². The minimum Gasteiger partial charge on any atom is -0.261 e. The van der Waals surface area contributed by atoms with Crippen molar-refractivity contribution in [3.05, 3.63) is 48.2 Å². The van der Waals surface area contributed by atoms with Crippen molar-refractivity contribution in [2.45, 2.75) is 27.7 Å². The molecule has 0 spiro atoms. The maximum Gasteiger partial charge on any atom is 0.0401 e. The molecule has 14 heavy (non-hydrogen) atoms. The summed E-state index contributed by atoms with van der Waals surface area (Å²) in [6, 6.07) is 0. The van der Waals surface area contributed by atoms with Crippen LogP contribution in [-0.4, -0.2) is 5.71 Å². The fourth-order valence-electron chi connectivity index (χ4n) is 0.714. The number of allylic oxidation sites excluding steroid dienone is 6.